The molecule has 0 aromatic heterocycles. The number of ether oxygens (including phenoxy) is 5. The zero-order valence-electron chi connectivity index (χ0n) is 14.5. The zero-order valence-corrected chi connectivity index (χ0v) is 15.4. The van der Waals surface area contributed by atoms with Gasteiger partial charge < -0.3 is 23.7 Å². The lowest BCUT2D eigenvalue weighted by Gasteiger charge is -2.18. The van der Waals surface area contributed by atoms with Gasteiger partial charge in [0.1, 0.15) is 6.35 Å². The predicted molar refractivity (Wildman–Crippen MR) is 81.4 cm³/mol. The molecule has 0 aliphatic carbocycles. The Bertz CT molecular complexity index is 391. The third-order valence-corrected chi connectivity index (χ3v) is 3.47. The fourth-order valence-electron chi connectivity index (χ4n) is 1.08. The minimum absolute atomic E-state index is 0.253. The van der Waals surface area contributed by atoms with E-state index in [9.17, 15) is 14.2 Å². The number of carbonyl (C=O) groups excluding carboxylic acids is 2. The Morgan fingerprint density at radius 1 is 0.875 bits per heavy atom. The van der Waals surface area contributed by atoms with Crippen LogP contribution in [0.15, 0.2) is 0 Å². The molecule has 0 heterocycles. The Morgan fingerprint density at radius 3 is 1.62 bits per heavy atom. The van der Waals surface area contributed by atoms with Crippen LogP contribution in [0.25, 0.3) is 0 Å². The van der Waals surface area contributed by atoms with Gasteiger partial charge in [0.25, 0.3) is 0 Å². The molecule has 10 nitrogen and oxygen atoms in total. The average molecular weight is 372 g/mol. The van der Waals surface area contributed by atoms with E-state index in [-0.39, 0.29) is 18.8 Å². The van der Waals surface area contributed by atoms with Crippen LogP contribution in [0.1, 0.15) is 34.6 Å². The molecule has 0 bridgehead atoms. The van der Waals surface area contributed by atoms with Crippen molar-refractivity contribution in [2.24, 2.45) is 0 Å². The summed E-state index contributed by atoms with van der Waals surface area (Å²) < 4.78 is 45.7. The second-order valence-corrected chi connectivity index (χ2v) is 6.84. The minimum atomic E-state index is -3.80. The summed E-state index contributed by atoms with van der Waals surface area (Å²) in [7, 11) is -3.80. The highest BCUT2D eigenvalue weighted by atomic mass is 31.2. The van der Waals surface area contributed by atoms with Crippen LogP contribution < -0.4 is 0 Å². The van der Waals surface area contributed by atoms with E-state index in [0.717, 1.165) is 0 Å². The van der Waals surface area contributed by atoms with Crippen molar-refractivity contribution in [1.29, 1.82) is 0 Å². The van der Waals surface area contributed by atoms with Crippen molar-refractivity contribution >= 4 is 19.9 Å². The van der Waals surface area contributed by atoms with E-state index < -0.39 is 39.8 Å². The maximum atomic E-state index is 12.3. The van der Waals surface area contributed by atoms with Crippen molar-refractivity contribution in [2.45, 2.75) is 46.8 Å². The Labute approximate surface area is 141 Å². The lowest BCUT2D eigenvalue weighted by molar-refractivity contribution is -0.0341. The first-order chi connectivity index (χ1) is 11.2. The molecular weight excluding hydrogens is 347 g/mol. The summed E-state index contributed by atoms with van der Waals surface area (Å²) in [6.45, 7) is 7.13. The summed E-state index contributed by atoms with van der Waals surface area (Å²) in [5.74, 6) is 0. The van der Waals surface area contributed by atoms with Gasteiger partial charge in [-0.15, -0.1) is 0 Å². The Morgan fingerprint density at radius 2 is 1.29 bits per heavy atom. The van der Waals surface area contributed by atoms with Crippen LogP contribution in [0.4, 0.5) is 9.59 Å². The number of hydrogen-bond acceptors (Lipinski definition) is 10. The third kappa shape index (κ3) is 12.1. The molecule has 0 aromatic carbocycles. The molecule has 0 rings (SSSR count). The fraction of sp³-hybridized carbons (Fsp3) is 0.846. The van der Waals surface area contributed by atoms with Crippen LogP contribution in [0.2, 0.25) is 0 Å². The first-order valence-electron chi connectivity index (χ1n) is 7.31. The summed E-state index contributed by atoms with van der Waals surface area (Å²) in [4.78, 5) is 22.4. The monoisotopic (exact) mass is 372 g/mol. The second kappa shape index (κ2) is 12.1. The standard InChI is InChI=1S/C13H25O10P/c1-6-17-9-24(16,20-7-18-12(14)22-10(2)3)21-8-19-13(15)23-11(4)5/h10-11H,6-9H2,1-5H3. The number of hydrogen-bond donors (Lipinski definition) is 0. The van der Waals surface area contributed by atoms with Gasteiger partial charge in [-0.2, -0.15) is 0 Å². The van der Waals surface area contributed by atoms with Crippen LogP contribution in [-0.4, -0.2) is 51.1 Å². The van der Waals surface area contributed by atoms with Crippen molar-refractivity contribution in [2.75, 3.05) is 26.5 Å². The molecule has 0 saturated carbocycles. The van der Waals surface area contributed by atoms with Crippen LogP contribution in [-0.2, 0) is 37.3 Å². The van der Waals surface area contributed by atoms with E-state index in [4.69, 9.17) is 23.3 Å². The quantitative estimate of drug-likeness (QED) is 0.304. The summed E-state index contributed by atoms with van der Waals surface area (Å²) in [6, 6.07) is 0. The van der Waals surface area contributed by atoms with Crippen LogP contribution in [0, 0.1) is 0 Å². The topological polar surface area (TPSA) is 116 Å². The second-order valence-electron chi connectivity index (χ2n) is 4.85. The molecule has 0 aromatic rings. The lowest BCUT2D eigenvalue weighted by atomic mass is 10.5. The summed E-state index contributed by atoms with van der Waals surface area (Å²) in [5, 5.41) is 0. The normalized spacial score (nSPS) is 11.5. The third-order valence-electron chi connectivity index (χ3n) is 1.97. The number of rotatable bonds is 11. The highest BCUT2D eigenvalue weighted by molar-refractivity contribution is 7.53. The molecule has 0 N–H and O–H groups in total. The molecule has 24 heavy (non-hydrogen) atoms. The highest BCUT2D eigenvalue weighted by Gasteiger charge is 2.27. The van der Waals surface area contributed by atoms with Gasteiger partial charge in [-0.1, -0.05) is 0 Å². The summed E-state index contributed by atoms with van der Waals surface area (Å²) in [5.41, 5.74) is 0. The van der Waals surface area contributed by atoms with E-state index in [1.165, 1.54) is 0 Å². The first kappa shape index (κ1) is 22.6. The molecule has 0 radical (unpaired) electrons. The Balaban J connectivity index is 4.32. The van der Waals surface area contributed by atoms with Crippen molar-refractivity contribution in [3.05, 3.63) is 0 Å². The predicted octanol–water partition coefficient (Wildman–Crippen LogP) is 3.24. The van der Waals surface area contributed by atoms with Crippen molar-refractivity contribution in [3.63, 3.8) is 0 Å². The largest absolute Gasteiger partial charge is 0.510 e. The molecule has 0 unspecified atom stereocenters. The SMILES string of the molecule is CCOCP(=O)(OCOC(=O)OC(C)C)OCOC(=O)OC(C)C. The number of carbonyl (C=O) groups is 2. The molecule has 0 aliphatic rings. The molecular formula is C13H25O10P. The van der Waals surface area contributed by atoms with Crippen molar-refractivity contribution < 1.29 is 46.9 Å². The smallest absolute Gasteiger partial charge is 0.432 e. The Kier molecular flexibility index (Phi) is 11.4. The van der Waals surface area contributed by atoms with Gasteiger partial charge in [-0.3, -0.25) is 13.6 Å². The van der Waals surface area contributed by atoms with Gasteiger partial charge in [-0.05, 0) is 34.6 Å². The van der Waals surface area contributed by atoms with Gasteiger partial charge in [0.15, 0.2) is 0 Å². The van der Waals surface area contributed by atoms with Crippen LogP contribution in [0.5, 0.6) is 0 Å². The van der Waals surface area contributed by atoms with E-state index >= 15 is 0 Å². The molecule has 0 aliphatic heterocycles. The van der Waals surface area contributed by atoms with E-state index in [2.05, 4.69) is 9.47 Å². The molecule has 0 spiro atoms. The van der Waals surface area contributed by atoms with Gasteiger partial charge in [0, 0.05) is 6.61 Å². The lowest BCUT2D eigenvalue weighted by Crippen LogP contribution is -2.17. The Hall–Kier alpha value is -1.35. The first-order valence-corrected chi connectivity index (χ1v) is 9.04. The van der Waals surface area contributed by atoms with E-state index in [0.29, 0.717) is 0 Å². The van der Waals surface area contributed by atoms with Crippen molar-refractivity contribution in [3.8, 4) is 0 Å². The molecule has 0 amide bonds. The summed E-state index contributed by atoms with van der Waals surface area (Å²) in [6.07, 6.45) is -3.11. The van der Waals surface area contributed by atoms with E-state index in [1.54, 1.807) is 34.6 Å². The highest BCUT2D eigenvalue weighted by Crippen LogP contribution is 2.48. The maximum Gasteiger partial charge on any atom is 0.510 e. The minimum Gasteiger partial charge on any atom is -0.432 e. The van der Waals surface area contributed by atoms with Gasteiger partial charge >= 0.3 is 19.9 Å². The van der Waals surface area contributed by atoms with Gasteiger partial charge in [-0.25, -0.2) is 9.59 Å². The average Bonchev–Trinajstić information content (AvgIpc) is 2.43. The van der Waals surface area contributed by atoms with E-state index in [1.807, 2.05) is 0 Å². The maximum absolute atomic E-state index is 12.3. The molecule has 0 fully saturated rings. The fourth-order valence-corrected chi connectivity index (χ4v) is 2.13. The molecule has 11 heteroatoms. The zero-order chi connectivity index (χ0) is 18.6. The van der Waals surface area contributed by atoms with Gasteiger partial charge in [0.05, 0.1) is 12.2 Å². The van der Waals surface area contributed by atoms with Crippen molar-refractivity contribution in [1.82, 2.24) is 0 Å². The molecule has 0 atom stereocenters. The molecule has 0 saturated heterocycles. The van der Waals surface area contributed by atoms with Crippen LogP contribution >= 0.6 is 7.60 Å². The summed E-state index contributed by atoms with van der Waals surface area (Å²) >= 11 is 0. The van der Waals surface area contributed by atoms with Crippen LogP contribution in [0.3, 0.4) is 0 Å². The molecule has 142 valence electrons. The van der Waals surface area contributed by atoms with Gasteiger partial charge in [0.2, 0.25) is 13.6 Å².